The van der Waals surface area contributed by atoms with Crippen LogP contribution in [0.4, 0.5) is 4.79 Å². The van der Waals surface area contributed by atoms with E-state index >= 15 is 0 Å². The maximum absolute atomic E-state index is 13.1. The van der Waals surface area contributed by atoms with Gasteiger partial charge in [-0.2, -0.15) is 0 Å². The number of carbonyl (C=O) groups is 3. The maximum Gasteiger partial charge on any atom is 0.407 e. The highest BCUT2D eigenvalue weighted by atomic mass is 16.5. The van der Waals surface area contributed by atoms with Gasteiger partial charge in [0.2, 0.25) is 5.91 Å². The Bertz CT molecular complexity index is 1010. The van der Waals surface area contributed by atoms with E-state index in [1.807, 2.05) is 24.3 Å². The summed E-state index contributed by atoms with van der Waals surface area (Å²) in [6.07, 6.45) is 3.53. The molecule has 2 aromatic carbocycles. The number of rotatable bonds is 7. The lowest BCUT2D eigenvalue weighted by atomic mass is 9.93. The van der Waals surface area contributed by atoms with Crippen LogP contribution in [0, 0.1) is 5.92 Å². The lowest BCUT2D eigenvalue weighted by molar-refractivity contribution is -0.146. The Labute approximate surface area is 200 Å². The molecule has 0 spiro atoms. The number of hydrogen-bond donors (Lipinski definition) is 2. The highest BCUT2D eigenvalue weighted by molar-refractivity contribution is 5.84. The lowest BCUT2D eigenvalue weighted by Gasteiger charge is -2.30. The van der Waals surface area contributed by atoms with Crippen molar-refractivity contribution in [3.8, 4) is 11.1 Å². The first kappa shape index (κ1) is 23.8. The van der Waals surface area contributed by atoms with E-state index < -0.39 is 18.0 Å². The topological polar surface area (TPSA) is 95.9 Å². The summed E-state index contributed by atoms with van der Waals surface area (Å²) in [6, 6.07) is 16.0. The number of alkyl carbamates (subject to hydrolysis) is 1. The van der Waals surface area contributed by atoms with Gasteiger partial charge in [0.1, 0.15) is 13.2 Å². The van der Waals surface area contributed by atoms with E-state index in [1.165, 1.54) is 16.0 Å². The molecule has 7 nitrogen and oxygen atoms in total. The average molecular weight is 465 g/mol. The molecule has 2 unspecified atom stereocenters. The number of fused-ring (bicyclic) bond motifs is 3. The molecule has 0 heterocycles. The fourth-order valence-corrected chi connectivity index (χ4v) is 5.31. The number of carbonyl (C=O) groups excluding carboxylic acids is 2. The number of amides is 2. The van der Waals surface area contributed by atoms with Gasteiger partial charge in [0, 0.05) is 18.5 Å². The Morgan fingerprint density at radius 3 is 2.21 bits per heavy atom. The van der Waals surface area contributed by atoms with Crippen molar-refractivity contribution in [2.45, 2.75) is 51.0 Å². The van der Waals surface area contributed by atoms with Crippen molar-refractivity contribution >= 4 is 18.0 Å². The first-order chi connectivity index (χ1) is 16.5. The number of carboxylic acid groups (broad SMARTS) is 1. The number of aliphatic carboxylic acids is 1. The van der Waals surface area contributed by atoms with Gasteiger partial charge in [-0.25, -0.2) is 4.79 Å². The van der Waals surface area contributed by atoms with Crippen LogP contribution in [0.25, 0.3) is 11.1 Å². The molecule has 0 bridgehead atoms. The third-order valence-corrected chi connectivity index (χ3v) is 7.00. The van der Waals surface area contributed by atoms with Crippen LogP contribution < -0.4 is 5.32 Å². The average Bonchev–Trinajstić information content (AvgIpc) is 2.97. The van der Waals surface area contributed by atoms with Crippen molar-refractivity contribution in [1.82, 2.24) is 10.2 Å². The van der Waals surface area contributed by atoms with Crippen LogP contribution in [-0.4, -0.2) is 53.7 Å². The van der Waals surface area contributed by atoms with Gasteiger partial charge in [-0.05, 0) is 42.0 Å². The molecule has 1 fully saturated rings. The minimum absolute atomic E-state index is 0.0316. The molecule has 0 saturated heterocycles. The molecule has 34 heavy (non-hydrogen) atoms. The number of hydrogen-bond acceptors (Lipinski definition) is 4. The van der Waals surface area contributed by atoms with Crippen LogP contribution in [0.2, 0.25) is 0 Å². The molecule has 0 aromatic heterocycles. The number of carboxylic acids is 1. The molecule has 2 amide bonds. The van der Waals surface area contributed by atoms with Crippen molar-refractivity contribution in [2.75, 3.05) is 19.7 Å². The first-order valence-corrected chi connectivity index (χ1v) is 12.1. The molecule has 0 aliphatic heterocycles. The Morgan fingerprint density at radius 2 is 1.59 bits per heavy atom. The number of ether oxygens (including phenoxy) is 1. The Balaban J connectivity index is 1.43. The summed E-state index contributed by atoms with van der Waals surface area (Å²) in [5, 5.41) is 12.1. The van der Waals surface area contributed by atoms with Crippen molar-refractivity contribution < 1.29 is 24.2 Å². The van der Waals surface area contributed by atoms with Crippen LogP contribution in [0.3, 0.4) is 0 Å². The van der Waals surface area contributed by atoms with Gasteiger partial charge in [0.15, 0.2) is 0 Å². The molecule has 1 saturated carbocycles. The second-order valence-electron chi connectivity index (χ2n) is 9.07. The van der Waals surface area contributed by atoms with Gasteiger partial charge < -0.3 is 20.1 Å². The van der Waals surface area contributed by atoms with Crippen LogP contribution >= 0.6 is 0 Å². The largest absolute Gasteiger partial charge is 0.480 e. The summed E-state index contributed by atoms with van der Waals surface area (Å²) < 4.78 is 5.69. The maximum atomic E-state index is 13.1. The zero-order valence-corrected chi connectivity index (χ0v) is 19.5. The van der Waals surface area contributed by atoms with Crippen molar-refractivity contribution in [2.24, 2.45) is 5.92 Å². The lowest BCUT2D eigenvalue weighted by Crippen LogP contribution is -2.49. The van der Waals surface area contributed by atoms with Gasteiger partial charge in [-0.3, -0.25) is 9.59 Å². The molecule has 2 N–H and O–H groups in total. The van der Waals surface area contributed by atoms with Crippen molar-refractivity contribution in [3.63, 3.8) is 0 Å². The van der Waals surface area contributed by atoms with Crippen molar-refractivity contribution in [3.05, 3.63) is 59.7 Å². The zero-order chi connectivity index (χ0) is 24.1. The molecule has 0 radical (unpaired) electrons. The second kappa shape index (κ2) is 10.7. The highest BCUT2D eigenvalue weighted by Crippen LogP contribution is 2.44. The normalized spacial score (nSPS) is 19.4. The predicted molar refractivity (Wildman–Crippen MR) is 128 cm³/mol. The van der Waals surface area contributed by atoms with Crippen LogP contribution in [0.15, 0.2) is 48.5 Å². The molecule has 2 aliphatic rings. The van der Waals surface area contributed by atoms with Gasteiger partial charge in [-0.1, -0.05) is 67.8 Å². The number of likely N-dealkylation sites (N-methyl/N-ethyl adjacent to an activating group) is 1. The predicted octanol–water partition coefficient (Wildman–Crippen LogP) is 4.41. The standard InChI is InChI=1S/C27H32N2O5/c1-2-29(16-25(30)31)26(32)22-14-4-3-5-15-24(22)28-27(33)34-17-23-20-12-8-6-10-18(20)19-11-7-9-13-21(19)23/h6-13,22-24H,2-5,14-17H2,1H3,(H,28,33)(H,30,31). The molecule has 2 aromatic rings. The van der Waals surface area contributed by atoms with Crippen molar-refractivity contribution in [1.29, 1.82) is 0 Å². The molecular weight excluding hydrogens is 432 g/mol. The minimum Gasteiger partial charge on any atom is -0.480 e. The quantitative estimate of drug-likeness (QED) is 0.592. The van der Waals surface area contributed by atoms with Crippen LogP contribution in [-0.2, 0) is 14.3 Å². The molecular formula is C27H32N2O5. The number of nitrogens with zero attached hydrogens (tertiary/aromatic N) is 1. The monoisotopic (exact) mass is 464 g/mol. The van der Waals surface area contributed by atoms with E-state index in [0.29, 0.717) is 19.4 Å². The van der Waals surface area contributed by atoms with E-state index in [-0.39, 0.29) is 31.0 Å². The summed E-state index contributed by atoms with van der Waals surface area (Å²) in [5.41, 5.74) is 4.62. The summed E-state index contributed by atoms with van der Waals surface area (Å²) >= 11 is 0. The van der Waals surface area contributed by atoms with E-state index in [1.54, 1.807) is 6.92 Å². The summed E-state index contributed by atoms with van der Waals surface area (Å²) in [5.74, 6) is -1.72. The molecule has 4 rings (SSSR count). The second-order valence-corrected chi connectivity index (χ2v) is 9.07. The molecule has 2 atom stereocenters. The van der Waals surface area contributed by atoms with E-state index in [9.17, 15) is 14.4 Å². The Morgan fingerprint density at radius 1 is 0.971 bits per heavy atom. The van der Waals surface area contributed by atoms with Gasteiger partial charge in [0.05, 0.1) is 5.92 Å². The van der Waals surface area contributed by atoms with E-state index in [2.05, 4.69) is 29.6 Å². The summed E-state index contributed by atoms with van der Waals surface area (Å²) in [7, 11) is 0. The van der Waals surface area contributed by atoms with E-state index in [0.717, 1.165) is 30.4 Å². The van der Waals surface area contributed by atoms with Crippen LogP contribution in [0.5, 0.6) is 0 Å². The van der Waals surface area contributed by atoms with Gasteiger partial charge in [-0.15, -0.1) is 0 Å². The Hall–Kier alpha value is -3.35. The van der Waals surface area contributed by atoms with Crippen LogP contribution in [0.1, 0.15) is 56.1 Å². The highest BCUT2D eigenvalue weighted by Gasteiger charge is 2.35. The van der Waals surface area contributed by atoms with Gasteiger partial charge in [0.25, 0.3) is 0 Å². The minimum atomic E-state index is -1.04. The molecule has 7 heteroatoms. The third-order valence-electron chi connectivity index (χ3n) is 7.00. The van der Waals surface area contributed by atoms with E-state index in [4.69, 9.17) is 9.84 Å². The first-order valence-electron chi connectivity index (χ1n) is 12.1. The third kappa shape index (κ3) is 5.08. The fraction of sp³-hybridized carbons (Fsp3) is 0.444. The SMILES string of the molecule is CCN(CC(=O)O)C(=O)C1CCCCCC1NC(=O)OCC1c2ccccc2-c2ccccc21. The smallest absolute Gasteiger partial charge is 0.407 e. The fourth-order valence-electron chi connectivity index (χ4n) is 5.31. The number of benzene rings is 2. The molecule has 2 aliphatic carbocycles. The summed E-state index contributed by atoms with van der Waals surface area (Å²) in [4.78, 5) is 38.5. The van der Waals surface area contributed by atoms with Gasteiger partial charge >= 0.3 is 12.1 Å². The Kier molecular flexibility index (Phi) is 7.50. The number of nitrogens with one attached hydrogen (secondary N) is 1. The zero-order valence-electron chi connectivity index (χ0n) is 19.5. The summed E-state index contributed by atoms with van der Waals surface area (Å²) in [6.45, 7) is 1.97. The molecule has 180 valence electrons.